The van der Waals surface area contributed by atoms with Gasteiger partial charge in [-0.3, -0.25) is 15.1 Å². The summed E-state index contributed by atoms with van der Waals surface area (Å²) in [6.45, 7) is 0. The van der Waals surface area contributed by atoms with Crippen LogP contribution in [-0.2, 0) is 0 Å². The number of nitrogens with one attached hydrogen (secondary N) is 1. The third kappa shape index (κ3) is 2.56. The van der Waals surface area contributed by atoms with Crippen LogP contribution in [-0.4, -0.2) is 27.5 Å². The Hall–Kier alpha value is -1.82. The molecule has 104 valence electrons. The lowest BCUT2D eigenvalue weighted by Gasteiger charge is -2.24. The SMILES string of the molecule is O=[N+]([O-])c1ccc(NC2CCCSC2)c2ccncc12. The molecule has 0 spiro atoms. The molecule has 0 radical (unpaired) electrons. The van der Waals surface area contributed by atoms with Gasteiger partial charge in [0.1, 0.15) is 0 Å². The van der Waals surface area contributed by atoms with Crippen LogP contribution in [0.1, 0.15) is 12.8 Å². The van der Waals surface area contributed by atoms with E-state index in [1.54, 1.807) is 24.5 Å². The summed E-state index contributed by atoms with van der Waals surface area (Å²) >= 11 is 1.95. The van der Waals surface area contributed by atoms with Gasteiger partial charge in [-0.15, -0.1) is 0 Å². The number of hydrogen-bond acceptors (Lipinski definition) is 5. The van der Waals surface area contributed by atoms with E-state index in [4.69, 9.17) is 0 Å². The molecule has 0 saturated carbocycles. The lowest BCUT2D eigenvalue weighted by Crippen LogP contribution is -2.25. The van der Waals surface area contributed by atoms with Crippen LogP contribution in [0.15, 0.2) is 30.6 Å². The van der Waals surface area contributed by atoms with Gasteiger partial charge >= 0.3 is 0 Å². The molecule has 0 amide bonds. The normalized spacial score (nSPS) is 18.9. The van der Waals surface area contributed by atoms with E-state index >= 15 is 0 Å². The number of nitrogens with zero attached hydrogens (tertiary/aromatic N) is 2. The van der Waals surface area contributed by atoms with E-state index in [2.05, 4.69) is 10.3 Å². The zero-order valence-electron chi connectivity index (χ0n) is 10.9. The van der Waals surface area contributed by atoms with Crippen LogP contribution in [0.3, 0.4) is 0 Å². The highest BCUT2D eigenvalue weighted by Gasteiger charge is 2.18. The summed E-state index contributed by atoms with van der Waals surface area (Å²) in [7, 11) is 0. The van der Waals surface area contributed by atoms with E-state index in [0.717, 1.165) is 23.2 Å². The van der Waals surface area contributed by atoms with Crippen molar-refractivity contribution < 1.29 is 4.92 Å². The Balaban J connectivity index is 1.99. The fraction of sp³-hybridized carbons (Fsp3) is 0.357. The number of rotatable bonds is 3. The molecule has 1 aliphatic rings. The van der Waals surface area contributed by atoms with Crippen molar-refractivity contribution in [2.75, 3.05) is 16.8 Å². The molecule has 6 heteroatoms. The molecule has 1 atom stereocenters. The van der Waals surface area contributed by atoms with E-state index in [1.165, 1.54) is 12.2 Å². The first-order valence-corrected chi connectivity index (χ1v) is 7.76. The number of aromatic nitrogens is 1. The quantitative estimate of drug-likeness (QED) is 0.692. The molecule has 2 heterocycles. The number of benzene rings is 1. The van der Waals surface area contributed by atoms with Crippen LogP contribution >= 0.6 is 11.8 Å². The maximum Gasteiger partial charge on any atom is 0.278 e. The third-order valence-corrected chi connectivity index (χ3v) is 4.73. The molecule has 1 fully saturated rings. The zero-order chi connectivity index (χ0) is 13.9. The Kier molecular flexibility index (Phi) is 3.73. The van der Waals surface area contributed by atoms with Gasteiger partial charge in [0.2, 0.25) is 0 Å². The van der Waals surface area contributed by atoms with E-state index < -0.39 is 0 Å². The van der Waals surface area contributed by atoms with E-state index in [9.17, 15) is 10.1 Å². The van der Waals surface area contributed by atoms with Gasteiger partial charge in [0, 0.05) is 41.3 Å². The minimum atomic E-state index is -0.357. The first-order valence-electron chi connectivity index (χ1n) is 6.61. The van der Waals surface area contributed by atoms with Gasteiger partial charge in [-0.2, -0.15) is 11.8 Å². The fourth-order valence-electron chi connectivity index (χ4n) is 2.53. The molecule has 20 heavy (non-hydrogen) atoms. The summed E-state index contributed by atoms with van der Waals surface area (Å²) in [5, 5.41) is 16.0. The topological polar surface area (TPSA) is 68.1 Å². The van der Waals surface area contributed by atoms with Gasteiger partial charge in [0.15, 0.2) is 0 Å². The van der Waals surface area contributed by atoms with Crippen molar-refractivity contribution in [2.24, 2.45) is 0 Å². The minimum absolute atomic E-state index is 0.108. The fourth-order valence-corrected chi connectivity index (χ4v) is 3.61. The molecule has 1 aromatic heterocycles. The molecule has 5 nitrogen and oxygen atoms in total. The molecular weight excluding hydrogens is 274 g/mol. The molecule has 1 unspecified atom stereocenters. The zero-order valence-corrected chi connectivity index (χ0v) is 11.7. The summed E-state index contributed by atoms with van der Waals surface area (Å²) in [4.78, 5) is 14.7. The van der Waals surface area contributed by atoms with Crippen molar-refractivity contribution in [1.82, 2.24) is 4.98 Å². The number of nitro benzene ring substituents is 1. The second-order valence-corrected chi connectivity index (χ2v) is 6.02. The van der Waals surface area contributed by atoms with Gasteiger partial charge in [-0.05, 0) is 30.7 Å². The summed E-state index contributed by atoms with van der Waals surface area (Å²) in [5.41, 5.74) is 1.07. The number of fused-ring (bicyclic) bond motifs is 1. The Bertz CT molecular complexity index is 641. The minimum Gasteiger partial charge on any atom is -0.381 e. The Morgan fingerprint density at radius 2 is 2.25 bits per heavy atom. The van der Waals surface area contributed by atoms with Crippen molar-refractivity contribution in [2.45, 2.75) is 18.9 Å². The number of non-ortho nitro benzene ring substituents is 1. The van der Waals surface area contributed by atoms with Crippen molar-refractivity contribution in [3.05, 3.63) is 40.7 Å². The van der Waals surface area contributed by atoms with Crippen LogP contribution in [0.25, 0.3) is 10.8 Å². The molecule has 0 bridgehead atoms. The summed E-state index contributed by atoms with van der Waals surface area (Å²) < 4.78 is 0. The Labute approximate surface area is 120 Å². The van der Waals surface area contributed by atoms with Crippen molar-refractivity contribution in [3.8, 4) is 0 Å². The Morgan fingerprint density at radius 3 is 3.00 bits per heavy atom. The number of pyridine rings is 1. The first kappa shape index (κ1) is 13.2. The van der Waals surface area contributed by atoms with E-state index in [1.807, 2.05) is 17.8 Å². The summed E-state index contributed by atoms with van der Waals surface area (Å²) in [5.74, 6) is 2.31. The van der Waals surface area contributed by atoms with E-state index in [0.29, 0.717) is 11.4 Å². The highest BCUT2D eigenvalue weighted by molar-refractivity contribution is 7.99. The van der Waals surface area contributed by atoms with Crippen molar-refractivity contribution in [3.63, 3.8) is 0 Å². The Morgan fingerprint density at radius 1 is 1.35 bits per heavy atom. The van der Waals surface area contributed by atoms with Gasteiger partial charge < -0.3 is 5.32 Å². The smallest absolute Gasteiger partial charge is 0.278 e. The number of thioether (sulfide) groups is 1. The largest absolute Gasteiger partial charge is 0.381 e. The maximum absolute atomic E-state index is 11.1. The molecule has 3 rings (SSSR count). The van der Waals surface area contributed by atoms with Crippen LogP contribution in [0, 0.1) is 10.1 Å². The van der Waals surface area contributed by atoms with Gasteiger partial charge in [-0.1, -0.05) is 0 Å². The van der Waals surface area contributed by atoms with Crippen LogP contribution in [0.5, 0.6) is 0 Å². The third-order valence-electron chi connectivity index (χ3n) is 3.51. The summed E-state index contributed by atoms with van der Waals surface area (Å²) in [6.07, 6.45) is 5.60. The van der Waals surface area contributed by atoms with Crippen molar-refractivity contribution >= 4 is 33.9 Å². The van der Waals surface area contributed by atoms with Crippen LogP contribution < -0.4 is 5.32 Å². The molecule has 1 N–H and O–H groups in total. The molecule has 0 aliphatic carbocycles. The molecular formula is C14H15N3O2S. The van der Waals surface area contributed by atoms with Gasteiger partial charge in [0.25, 0.3) is 5.69 Å². The molecule has 1 saturated heterocycles. The average Bonchev–Trinajstić information content (AvgIpc) is 2.48. The molecule has 1 aliphatic heterocycles. The summed E-state index contributed by atoms with van der Waals surface area (Å²) in [6, 6.07) is 5.63. The van der Waals surface area contributed by atoms with Crippen LogP contribution in [0.4, 0.5) is 11.4 Å². The number of anilines is 1. The second-order valence-electron chi connectivity index (χ2n) is 4.87. The number of hydrogen-bond donors (Lipinski definition) is 1. The standard InChI is InChI=1S/C14H15N3O2S/c18-17(19)14-4-3-13(11-5-6-15-8-12(11)14)16-10-2-1-7-20-9-10/h3-6,8,10,16H,1-2,7,9H2. The molecule has 1 aromatic carbocycles. The predicted octanol–water partition coefficient (Wildman–Crippen LogP) is 3.45. The molecule has 2 aromatic rings. The highest BCUT2D eigenvalue weighted by atomic mass is 32.2. The predicted molar refractivity (Wildman–Crippen MR) is 82.4 cm³/mol. The number of nitro groups is 1. The monoisotopic (exact) mass is 289 g/mol. The van der Waals surface area contributed by atoms with Gasteiger partial charge in [-0.25, -0.2) is 0 Å². The average molecular weight is 289 g/mol. The van der Waals surface area contributed by atoms with Crippen LogP contribution in [0.2, 0.25) is 0 Å². The van der Waals surface area contributed by atoms with E-state index in [-0.39, 0.29) is 10.6 Å². The lowest BCUT2D eigenvalue weighted by molar-refractivity contribution is -0.383. The first-order chi connectivity index (χ1) is 9.75. The van der Waals surface area contributed by atoms with Gasteiger partial charge in [0.05, 0.1) is 10.3 Å². The lowest BCUT2D eigenvalue weighted by atomic mass is 10.1. The van der Waals surface area contributed by atoms with Crippen molar-refractivity contribution in [1.29, 1.82) is 0 Å². The second kappa shape index (κ2) is 5.66. The maximum atomic E-state index is 11.1. The highest BCUT2D eigenvalue weighted by Crippen LogP contribution is 2.32.